The van der Waals surface area contributed by atoms with Gasteiger partial charge in [0.15, 0.2) is 5.96 Å². The molecule has 2 heterocycles. The van der Waals surface area contributed by atoms with Crippen LogP contribution in [0.3, 0.4) is 0 Å². The Morgan fingerprint density at radius 1 is 1.06 bits per heavy atom. The number of hydrogen-bond acceptors (Lipinski definition) is 4. The number of aryl methyl sites for hydroxylation is 1. The van der Waals surface area contributed by atoms with Crippen molar-refractivity contribution in [2.75, 3.05) is 7.05 Å². The molecule has 0 radical (unpaired) electrons. The molecule has 2 N–H and O–H groups in total. The maximum Gasteiger partial charge on any atom is 0.226 e. The minimum absolute atomic E-state index is 0. The van der Waals surface area contributed by atoms with E-state index in [9.17, 15) is 0 Å². The second kappa shape index (κ2) is 11.5. The minimum Gasteiger partial charge on any atom is -0.444 e. The van der Waals surface area contributed by atoms with E-state index >= 15 is 0 Å². The zero-order valence-corrected chi connectivity index (χ0v) is 20.5. The number of imidazole rings is 1. The molecular weight excluding hydrogens is 515 g/mol. The van der Waals surface area contributed by atoms with Crippen molar-refractivity contribution in [1.29, 1.82) is 0 Å². The average Bonchev–Trinajstić information content (AvgIpc) is 3.47. The van der Waals surface area contributed by atoms with Crippen LogP contribution in [0.15, 0.2) is 82.9 Å². The predicted molar refractivity (Wildman–Crippen MR) is 137 cm³/mol. The zero-order chi connectivity index (χ0) is 21.5. The van der Waals surface area contributed by atoms with Crippen LogP contribution in [-0.2, 0) is 19.6 Å². The third-order valence-electron chi connectivity index (χ3n) is 4.89. The Hall–Kier alpha value is -3.14. The van der Waals surface area contributed by atoms with E-state index in [2.05, 4.69) is 61.4 Å². The highest BCUT2D eigenvalue weighted by molar-refractivity contribution is 14.0. The van der Waals surface area contributed by atoms with Crippen LogP contribution in [0.5, 0.6) is 0 Å². The Morgan fingerprint density at radius 3 is 2.59 bits per heavy atom. The van der Waals surface area contributed by atoms with Crippen molar-refractivity contribution in [1.82, 2.24) is 25.2 Å². The van der Waals surface area contributed by atoms with Gasteiger partial charge >= 0.3 is 0 Å². The predicted octanol–water partition coefficient (Wildman–Crippen LogP) is 4.38. The van der Waals surface area contributed by atoms with E-state index < -0.39 is 0 Å². The molecule has 4 aromatic rings. The molecule has 0 aliphatic rings. The summed E-state index contributed by atoms with van der Waals surface area (Å²) in [5.41, 5.74) is 5.41. The zero-order valence-electron chi connectivity index (χ0n) is 18.2. The Kier molecular flexibility index (Phi) is 8.43. The standard InChI is InChI=1S/C24H26N6O.HI/c1-18-6-8-21(9-7-18)23-29-22(16-31-23)14-28-24(25-2)27-13-19-4-3-5-20(12-19)15-30-11-10-26-17-30;/h3-12,16-17H,13-15H2,1-2H3,(H2,25,27,28);1H. The second-order valence-corrected chi connectivity index (χ2v) is 7.34. The van der Waals surface area contributed by atoms with E-state index in [0.29, 0.717) is 24.9 Å². The number of rotatable bonds is 7. The normalized spacial score (nSPS) is 11.1. The first kappa shape index (κ1) is 23.5. The lowest BCUT2D eigenvalue weighted by Crippen LogP contribution is -2.36. The number of oxazole rings is 1. The molecule has 0 aliphatic carbocycles. The van der Waals surface area contributed by atoms with Gasteiger partial charge in [-0.3, -0.25) is 4.99 Å². The van der Waals surface area contributed by atoms with Crippen molar-refractivity contribution in [3.63, 3.8) is 0 Å². The van der Waals surface area contributed by atoms with Crippen LogP contribution < -0.4 is 10.6 Å². The second-order valence-electron chi connectivity index (χ2n) is 7.34. The van der Waals surface area contributed by atoms with Gasteiger partial charge in [-0.25, -0.2) is 9.97 Å². The molecule has 0 fully saturated rings. The van der Waals surface area contributed by atoms with E-state index in [0.717, 1.165) is 17.8 Å². The molecule has 0 amide bonds. The smallest absolute Gasteiger partial charge is 0.226 e. The molecule has 0 saturated heterocycles. The summed E-state index contributed by atoms with van der Waals surface area (Å²) in [5, 5.41) is 6.63. The molecule has 2 aromatic carbocycles. The summed E-state index contributed by atoms with van der Waals surface area (Å²) in [5.74, 6) is 1.33. The van der Waals surface area contributed by atoms with Gasteiger partial charge in [0.1, 0.15) is 6.26 Å². The third kappa shape index (κ3) is 6.43. The Labute approximate surface area is 205 Å². The maximum absolute atomic E-state index is 5.62. The topological polar surface area (TPSA) is 80.3 Å². The largest absolute Gasteiger partial charge is 0.444 e. The minimum atomic E-state index is 0. The Morgan fingerprint density at radius 2 is 1.84 bits per heavy atom. The SMILES string of the molecule is CN=C(NCc1cccc(Cn2ccnc2)c1)NCc1coc(-c2ccc(C)cc2)n1.I. The average molecular weight is 542 g/mol. The van der Waals surface area contributed by atoms with Crippen LogP contribution in [-0.4, -0.2) is 27.5 Å². The maximum atomic E-state index is 5.62. The lowest BCUT2D eigenvalue weighted by Gasteiger charge is -2.12. The highest BCUT2D eigenvalue weighted by Crippen LogP contribution is 2.19. The van der Waals surface area contributed by atoms with E-state index in [1.807, 2.05) is 36.8 Å². The number of hydrogen-bond donors (Lipinski definition) is 2. The summed E-state index contributed by atoms with van der Waals surface area (Å²) in [6, 6.07) is 16.6. The highest BCUT2D eigenvalue weighted by atomic mass is 127. The van der Waals surface area contributed by atoms with Gasteiger partial charge in [0.05, 0.1) is 18.6 Å². The fourth-order valence-electron chi connectivity index (χ4n) is 3.23. The van der Waals surface area contributed by atoms with Gasteiger partial charge in [-0.2, -0.15) is 0 Å². The van der Waals surface area contributed by atoms with Gasteiger partial charge in [0.2, 0.25) is 5.89 Å². The molecule has 0 bridgehead atoms. The first-order valence-electron chi connectivity index (χ1n) is 10.2. The summed E-state index contributed by atoms with van der Waals surface area (Å²) >= 11 is 0. The molecule has 32 heavy (non-hydrogen) atoms. The van der Waals surface area contributed by atoms with Crippen LogP contribution >= 0.6 is 24.0 Å². The molecule has 0 atom stereocenters. The van der Waals surface area contributed by atoms with Crippen LogP contribution in [0.4, 0.5) is 0 Å². The summed E-state index contributed by atoms with van der Waals surface area (Å²) in [4.78, 5) is 13.0. The van der Waals surface area contributed by atoms with Crippen LogP contribution in [0.2, 0.25) is 0 Å². The number of benzene rings is 2. The van der Waals surface area contributed by atoms with Crippen LogP contribution in [0, 0.1) is 6.92 Å². The first-order valence-corrected chi connectivity index (χ1v) is 10.2. The molecule has 4 rings (SSSR count). The van der Waals surface area contributed by atoms with Crippen molar-refractivity contribution >= 4 is 29.9 Å². The summed E-state index contributed by atoms with van der Waals surface area (Å²) < 4.78 is 7.68. The molecule has 166 valence electrons. The van der Waals surface area contributed by atoms with Crippen molar-refractivity contribution in [2.24, 2.45) is 4.99 Å². The van der Waals surface area contributed by atoms with Gasteiger partial charge in [-0.15, -0.1) is 24.0 Å². The van der Waals surface area contributed by atoms with Crippen molar-refractivity contribution in [2.45, 2.75) is 26.6 Å². The quantitative estimate of drug-likeness (QED) is 0.206. The highest BCUT2D eigenvalue weighted by Gasteiger charge is 2.07. The van der Waals surface area contributed by atoms with Gasteiger partial charge in [0.25, 0.3) is 0 Å². The van der Waals surface area contributed by atoms with E-state index in [-0.39, 0.29) is 24.0 Å². The molecule has 0 saturated carbocycles. The van der Waals surface area contributed by atoms with Gasteiger partial charge in [-0.1, -0.05) is 42.0 Å². The molecule has 0 aliphatic heterocycles. The van der Waals surface area contributed by atoms with Gasteiger partial charge in [-0.05, 0) is 30.2 Å². The fourth-order valence-corrected chi connectivity index (χ4v) is 3.23. The van der Waals surface area contributed by atoms with Crippen molar-refractivity contribution in [3.8, 4) is 11.5 Å². The lowest BCUT2D eigenvalue weighted by atomic mass is 10.1. The van der Waals surface area contributed by atoms with E-state index in [1.165, 1.54) is 16.7 Å². The van der Waals surface area contributed by atoms with Gasteiger partial charge < -0.3 is 19.6 Å². The van der Waals surface area contributed by atoms with Crippen molar-refractivity contribution in [3.05, 3.63) is 95.9 Å². The fraction of sp³-hybridized carbons (Fsp3) is 0.208. The van der Waals surface area contributed by atoms with Crippen molar-refractivity contribution < 1.29 is 4.42 Å². The molecular formula is C24H27IN6O. The summed E-state index contributed by atoms with van der Waals surface area (Å²) in [6.07, 6.45) is 7.25. The van der Waals surface area contributed by atoms with E-state index in [4.69, 9.17) is 4.42 Å². The van der Waals surface area contributed by atoms with Crippen LogP contribution in [0.25, 0.3) is 11.5 Å². The number of nitrogens with zero attached hydrogens (tertiary/aromatic N) is 4. The van der Waals surface area contributed by atoms with E-state index in [1.54, 1.807) is 19.5 Å². The molecule has 0 unspecified atom stereocenters. The lowest BCUT2D eigenvalue weighted by molar-refractivity contribution is 0.572. The number of nitrogens with one attached hydrogen (secondary N) is 2. The summed E-state index contributed by atoms with van der Waals surface area (Å²) in [6.45, 7) is 4.06. The number of aromatic nitrogens is 3. The number of guanidine groups is 1. The Bertz CT molecular complexity index is 1140. The molecule has 0 spiro atoms. The van der Waals surface area contributed by atoms with Gasteiger partial charge in [0, 0.05) is 38.1 Å². The Balaban J connectivity index is 0.00000289. The molecule has 8 heteroatoms. The first-order chi connectivity index (χ1) is 15.2. The number of halogens is 1. The van der Waals surface area contributed by atoms with Crippen LogP contribution in [0.1, 0.15) is 22.4 Å². The molecule has 2 aromatic heterocycles. The molecule has 7 nitrogen and oxygen atoms in total. The third-order valence-corrected chi connectivity index (χ3v) is 4.89. The number of aliphatic imine (C=N–C) groups is 1. The monoisotopic (exact) mass is 542 g/mol. The summed E-state index contributed by atoms with van der Waals surface area (Å²) in [7, 11) is 1.76.